The van der Waals surface area contributed by atoms with E-state index in [-0.39, 0.29) is 11.2 Å². The second-order valence-electron chi connectivity index (χ2n) is 6.06. The van der Waals surface area contributed by atoms with Crippen molar-refractivity contribution in [3.63, 3.8) is 0 Å². The van der Waals surface area contributed by atoms with Crippen molar-refractivity contribution in [1.29, 1.82) is 5.26 Å². The van der Waals surface area contributed by atoms with E-state index in [4.69, 9.17) is 0 Å². The predicted octanol–water partition coefficient (Wildman–Crippen LogP) is 3.39. The van der Waals surface area contributed by atoms with Crippen LogP contribution in [0.5, 0.6) is 0 Å². The van der Waals surface area contributed by atoms with Gasteiger partial charge in [0.1, 0.15) is 5.54 Å². The number of aromatic amines is 1. The van der Waals surface area contributed by atoms with Crippen LogP contribution in [0.15, 0.2) is 29.4 Å². The van der Waals surface area contributed by atoms with E-state index < -0.39 is 5.54 Å². The van der Waals surface area contributed by atoms with Crippen molar-refractivity contribution in [1.82, 2.24) is 15.3 Å². The summed E-state index contributed by atoms with van der Waals surface area (Å²) in [5.74, 6) is -0.0982. The van der Waals surface area contributed by atoms with Crippen molar-refractivity contribution >= 4 is 28.7 Å². The Morgan fingerprint density at radius 3 is 2.83 bits per heavy atom. The first-order chi connectivity index (χ1) is 11.1. The topological polar surface area (TPSA) is 81.6 Å². The van der Waals surface area contributed by atoms with Gasteiger partial charge < -0.3 is 10.3 Å². The number of benzene rings is 1. The standard InChI is InChI=1S/C17H20N4OS/c1-12(15(22)21-17(11-18)9-5-2-6-10-17)23-16-19-13-7-3-4-8-14(13)20-16/h3-4,7-8,12H,2,5-6,9-10H2,1H3,(H,19,20)(H,21,22)/t12-/m0/s1. The molecule has 2 N–H and O–H groups in total. The van der Waals surface area contributed by atoms with E-state index in [1.54, 1.807) is 0 Å². The maximum absolute atomic E-state index is 12.5. The SMILES string of the molecule is C[C@H](Sc1nc2ccccc2[nH]1)C(=O)NC1(C#N)CCCCC1. The fourth-order valence-electron chi connectivity index (χ4n) is 2.96. The molecule has 120 valence electrons. The first-order valence-corrected chi connectivity index (χ1v) is 8.84. The molecule has 1 aromatic heterocycles. The van der Waals surface area contributed by atoms with Gasteiger partial charge in [0.05, 0.1) is 22.4 Å². The fourth-order valence-corrected chi connectivity index (χ4v) is 3.78. The summed E-state index contributed by atoms with van der Waals surface area (Å²) in [5.41, 5.74) is 1.17. The van der Waals surface area contributed by atoms with E-state index >= 15 is 0 Å². The van der Waals surface area contributed by atoms with Crippen molar-refractivity contribution in [2.24, 2.45) is 0 Å². The molecule has 5 nitrogen and oxygen atoms in total. The second-order valence-corrected chi connectivity index (χ2v) is 7.39. The molecular formula is C17H20N4OS. The van der Waals surface area contributed by atoms with Crippen LogP contribution in [0, 0.1) is 11.3 Å². The van der Waals surface area contributed by atoms with Crippen molar-refractivity contribution < 1.29 is 4.79 Å². The molecule has 6 heteroatoms. The highest BCUT2D eigenvalue weighted by atomic mass is 32.2. The lowest BCUT2D eigenvalue weighted by atomic mass is 9.83. The first-order valence-electron chi connectivity index (χ1n) is 7.97. The van der Waals surface area contributed by atoms with Gasteiger partial charge in [0, 0.05) is 0 Å². The molecular weight excluding hydrogens is 308 g/mol. The number of hydrogen-bond donors (Lipinski definition) is 2. The van der Waals surface area contributed by atoms with Crippen LogP contribution < -0.4 is 5.32 Å². The van der Waals surface area contributed by atoms with Gasteiger partial charge in [-0.05, 0) is 31.9 Å². The number of thioether (sulfide) groups is 1. The zero-order valence-electron chi connectivity index (χ0n) is 13.1. The molecule has 1 aliphatic rings. The van der Waals surface area contributed by atoms with E-state index in [0.29, 0.717) is 0 Å². The molecule has 0 radical (unpaired) electrons. The van der Waals surface area contributed by atoms with Gasteiger partial charge in [-0.15, -0.1) is 0 Å². The Kier molecular flexibility index (Phi) is 4.58. The number of rotatable bonds is 4. The number of carbonyl (C=O) groups excluding carboxylic acids is 1. The molecule has 3 rings (SSSR count). The maximum atomic E-state index is 12.5. The van der Waals surface area contributed by atoms with Crippen molar-refractivity contribution in [2.75, 3.05) is 0 Å². The largest absolute Gasteiger partial charge is 0.337 e. The minimum atomic E-state index is -0.683. The highest BCUT2D eigenvalue weighted by molar-refractivity contribution is 8.00. The molecule has 1 atom stereocenters. The van der Waals surface area contributed by atoms with Crippen LogP contribution >= 0.6 is 11.8 Å². The Morgan fingerprint density at radius 1 is 1.39 bits per heavy atom. The van der Waals surface area contributed by atoms with Crippen molar-refractivity contribution in [3.8, 4) is 6.07 Å². The zero-order valence-corrected chi connectivity index (χ0v) is 13.9. The number of aromatic nitrogens is 2. The van der Waals surface area contributed by atoms with Crippen LogP contribution in [-0.4, -0.2) is 26.7 Å². The third-order valence-electron chi connectivity index (χ3n) is 4.31. The average Bonchev–Trinajstić information content (AvgIpc) is 2.97. The van der Waals surface area contributed by atoms with Gasteiger partial charge in [-0.25, -0.2) is 4.98 Å². The Labute approximate surface area is 139 Å². The highest BCUT2D eigenvalue weighted by Gasteiger charge is 2.35. The van der Waals surface area contributed by atoms with Crippen LogP contribution in [0.3, 0.4) is 0 Å². The van der Waals surface area contributed by atoms with Crippen LogP contribution in [0.1, 0.15) is 39.0 Å². The van der Waals surface area contributed by atoms with E-state index in [9.17, 15) is 10.1 Å². The maximum Gasteiger partial charge on any atom is 0.234 e. The molecule has 0 saturated heterocycles. The summed E-state index contributed by atoms with van der Waals surface area (Å²) in [6.07, 6.45) is 4.63. The quantitative estimate of drug-likeness (QED) is 0.843. The Bertz CT molecular complexity index is 709. The van der Waals surface area contributed by atoms with Crippen LogP contribution in [-0.2, 0) is 4.79 Å². The summed E-state index contributed by atoms with van der Waals surface area (Å²) in [6, 6.07) is 10.1. The number of para-hydroxylation sites is 2. The molecule has 0 bridgehead atoms. The summed E-state index contributed by atoms with van der Waals surface area (Å²) in [5, 5.41) is 12.9. The third kappa shape index (κ3) is 3.50. The predicted molar refractivity (Wildman–Crippen MR) is 91.0 cm³/mol. The van der Waals surface area contributed by atoms with E-state index in [1.165, 1.54) is 11.8 Å². The molecule has 1 aromatic carbocycles. The number of amides is 1. The molecule has 1 amide bonds. The van der Waals surface area contributed by atoms with E-state index in [1.807, 2.05) is 31.2 Å². The van der Waals surface area contributed by atoms with Gasteiger partial charge in [-0.1, -0.05) is 43.2 Å². The van der Waals surface area contributed by atoms with Crippen molar-refractivity contribution in [3.05, 3.63) is 24.3 Å². The smallest absolute Gasteiger partial charge is 0.234 e. The zero-order chi connectivity index (χ0) is 16.3. The lowest BCUT2D eigenvalue weighted by Gasteiger charge is -2.32. The van der Waals surface area contributed by atoms with Gasteiger partial charge in [-0.3, -0.25) is 4.79 Å². The van der Waals surface area contributed by atoms with Gasteiger partial charge in [0.2, 0.25) is 5.91 Å². The molecule has 0 aliphatic heterocycles. The van der Waals surface area contributed by atoms with Crippen molar-refractivity contribution in [2.45, 2.75) is 55.0 Å². The summed E-state index contributed by atoms with van der Waals surface area (Å²) in [6.45, 7) is 1.85. The Balaban J connectivity index is 1.66. The van der Waals surface area contributed by atoms with Gasteiger partial charge >= 0.3 is 0 Å². The highest BCUT2D eigenvalue weighted by Crippen LogP contribution is 2.29. The third-order valence-corrected chi connectivity index (χ3v) is 5.29. The number of fused-ring (bicyclic) bond motifs is 1. The van der Waals surface area contributed by atoms with Gasteiger partial charge in [-0.2, -0.15) is 5.26 Å². The summed E-state index contributed by atoms with van der Waals surface area (Å²) >= 11 is 1.39. The number of nitriles is 1. The number of H-pyrrole nitrogens is 1. The molecule has 0 unspecified atom stereocenters. The minimum Gasteiger partial charge on any atom is -0.337 e. The van der Waals surface area contributed by atoms with Crippen LogP contribution in [0.4, 0.5) is 0 Å². The normalized spacial score (nSPS) is 18.3. The number of hydrogen-bond acceptors (Lipinski definition) is 4. The molecule has 0 spiro atoms. The molecule has 2 aromatic rings. The van der Waals surface area contributed by atoms with Crippen LogP contribution in [0.25, 0.3) is 11.0 Å². The summed E-state index contributed by atoms with van der Waals surface area (Å²) < 4.78 is 0. The molecule has 1 fully saturated rings. The average molecular weight is 328 g/mol. The van der Waals surface area contributed by atoms with E-state index in [0.717, 1.165) is 48.3 Å². The van der Waals surface area contributed by atoms with Gasteiger partial charge in [0.15, 0.2) is 5.16 Å². The first kappa shape index (κ1) is 15.9. The second kappa shape index (κ2) is 6.63. The van der Waals surface area contributed by atoms with Crippen LogP contribution in [0.2, 0.25) is 0 Å². The Hall–Kier alpha value is -2.00. The summed E-state index contributed by atoms with van der Waals surface area (Å²) in [4.78, 5) is 20.2. The number of carbonyl (C=O) groups is 1. The fraction of sp³-hybridized carbons (Fsp3) is 0.471. The van der Waals surface area contributed by atoms with E-state index in [2.05, 4.69) is 21.4 Å². The Morgan fingerprint density at radius 2 is 2.13 bits per heavy atom. The lowest BCUT2D eigenvalue weighted by Crippen LogP contribution is -2.50. The molecule has 23 heavy (non-hydrogen) atoms. The molecule has 1 aliphatic carbocycles. The number of nitrogens with zero attached hydrogens (tertiary/aromatic N) is 2. The molecule has 1 heterocycles. The minimum absolute atomic E-state index is 0.0982. The van der Waals surface area contributed by atoms with Gasteiger partial charge in [0.25, 0.3) is 0 Å². The monoisotopic (exact) mass is 328 g/mol. The lowest BCUT2D eigenvalue weighted by molar-refractivity contribution is -0.121. The summed E-state index contributed by atoms with van der Waals surface area (Å²) in [7, 11) is 0. The number of imidazole rings is 1. The molecule has 1 saturated carbocycles. The number of nitrogens with one attached hydrogen (secondary N) is 2.